The second kappa shape index (κ2) is 10.1. The number of thiophene rings is 1. The molecule has 0 unspecified atom stereocenters. The summed E-state index contributed by atoms with van der Waals surface area (Å²) in [4.78, 5) is 33.0. The fourth-order valence-electron chi connectivity index (χ4n) is 3.98. The molecule has 1 N–H and O–H groups in total. The number of halogens is 1. The topological polar surface area (TPSA) is 76.3 Å². The maximum atomic E-state index is 13.7. The summed E-state index contributed by atoms with van der Waals surface area (Å²) < 4.78 is 1.62. The van der Waals surface area contributed by atoms with E-state index in [0.29, 0.717) is 10.2 Å². The van der Waals surface area contributed by atoms with Crippen molar-refractivity contribution in [2.24, 2.45) is 5.10 Å². The van der Waals surface area contributed by atoms with Gasteiger partial charge in [-0.3, -0.25) is 14.2 Å². The van der Waals surface area contributed by atoms with Crippen LogP contribution in [0.3, 0.4) is 0 Å². The largest absolute Gasteiger partial charge is 0.272 e. The van der Waals surface area contributed by atoms with E-state index < -0.39 is 0 Å². The van der Waals surface area contributed by atoms with Gasteiger partial charge in [0.05, 0.1) is 23.0 Å². The predicted molar refractivity (Wildman–Crippen MR) is 140 cm³/mol. The van der Waals surface area contributed by atoms with Gasteiger partial charge in [0.25, 0.3) is 11.5 Å². The number of amides is 1. The Balaban J connectivity index is 1.41. The smallest absolute Gasteiger partial charge is 0.267 e. The monoisotopic (exact) mass is 508 g/mol. The van der Waals surface area contributed by atoms with Crippen LogP contribution in [0.1, 0.15) is 28.8 Å². The second-order valence-electron chi connectivity index (χ2n) is 7.89. The lowest BCUT2D eigenvalue weighted by Gasteiger charge is -2.13. The number of fused-ring (bicyclic) bond motifs is 3. The Morgan fingerprint density at radius 2 is 1.91 bits per heavy atom. The van der Waals surface area contributed by atoms with Gasteiger partial charge in [0.15, 0.2) is 5.16 Å². The van der Waals surface area contributed by atoms with E-state index in [1.54, 1.807) is 34.3 Å². The molecular formula is C25H21ClN4O2S2. The molecule has 4 aromatic rings. The molecule has 2 aromatic carbocycles. The van der Waals surface area contributed by atoms with Crippen LogP contribution in [0.5, 0.6) is 0 Å². The summed E-state index contributed by atoms with van der Waals surface area (Å²) >= 11 is 8.72. The van der Waals surface area contributed by atoms with Crippen molar-refractivity contribution in [3.63, 3.8) is 0 Å². The van der Waals surface area contributed by atoms with Gasteiger partial charge in [0.2, 0.25) is 0 Å². The van der Waals surface area contributed by atoms with Crippen LogP contribution in [0, 0.1) is 0 Å². The molecule has 0 bridgehead atoms. The molecule has 2 heterocycles. The lowest BCUT2D eigenvalue weighted by molar-refractivity contribution is -0.118. The molecule has 5 rings (SSSR count). The Hall–Kier alpha value is -2.94. The van der Waals surface area contributed by atoms with Gasteiger partial charge in [-0.25, -0.2) is 10.4 Å². The van der Waals surface area contributed by atoms with E-state index in [1.165, 1.54) is 16.6 Å². The highest BCUT2D eigenvalue weighted by Crippen LogP contribution is 2.35. The van der Waals surface area contributed by atoms with Crippen LogP contribution in [0.4, 0.5) is 0 Å². The predicted octanol–water partition coefficient (Wildman–Crippen LogP) is 5.22. The van der Waals surface area contributed by atoms with Crippen molar-refractivity contribution in [1.29, 1.82) is 0 Å². The molecule has 0 atom stereocenters. The molecule has 9 heteroatoms. The van der Waals surface area contributed by atoms with E-state index in [1.807, 2.05) is 42.5 Å². The van der Waals surface area contributed by atoms with Crippen molar-refractivity contribution in [3.8, 4) is 5.69 Å². The molecule has 0 aliphatic heterocycles. The molecule has 172 valence electrons. The number of nitrogens with one attached hydrogen (secondary N) is 1. The fourth-order valence-corrected chi connectivity index (χ4v) is 6.21. The van der Waals surface area contributed by atoms with E-state index in [0.717, 1.165) is 52.7 Å². The zero-order valence-electron chi connectivity index (χ0n) is 18.2. The SMILES string of the molecule is O=C(CSc1nc2sc3c(c2c(=O)n1-c1ccccc1)CCCC3)NN=Cc1ccc(Cl)cc1. The first-order chi connectivity index (χ1) is 16.6. The Labute approximate surface area is 209 Å². The minimum atomic E-state index is -0.283. The molecule has 34 heavy (non-hydrogen) atoms. The van der Waals surface area contributed by atoms with E-state index in [9.17, 15) is 9.59 Å². The number of carbonyl (C=O) groups is 1. The quantitative estimate of drug-likeness (QED) is 0.168. The summed E-state index contributed by atoms with van der Waals surface area (Å²) in [5, 5.41) is 5.87. The van der Waals surface area contributed by atoms with Crippen molar-refractivity contribution in [2.75, 3.05) is 5.75 Å². The van der Waals surface area contributed by atoms with Crippen molar-refractivity contribution < 1.29 is 4.79 Å². The molecule has 1 aliphatic rings. The molecule has 0 radical (unpaired) electrons. The lowest BCUT2D eigenvalue weighted by atomic mass is 9.97. The van der Waals surface area contributed by atoms with E-state index >= 15 is 0 Å². The summed E-state index contributed by atoms with van der Waals surface area (Å²) in [5.74, 6) is -0.206. The molecule has 1 aliphatic carbocycles. The molecule has 0 saturated heterocycles. The highest BCUT2D eigenvalue weighted by molar-refractivity contribution is 7.99. The standard InChI is InChI=1S/C25H21ClN4O2S2/c26-17-12-10-16(11-13-17)14-27-29-21(31)15-33-25-28-23-22(19-8-4-5-9-20(19)34-23)24(32)30(25)18-6-2-1-3-7-18/h1-3,6-7,10-14H,4-5,8-9,15H2,(H,29,31). The number of aryl methyl sites for hydroxylation is 2. The Morgan fingerprint density at radius 3 is 2.71 bits per heavy atom. The maximum Gasteiger partial charge on any atom is 0.267 e. The number of hydrazone groups is 1. The summed E-state index contributed by atoms with van der Waals surface area (Å²) in [6, 6.07) is 16.6. The zero-order valence-corrected chi connectivity index (χ0v) is 20.6. The maximum absolute atomic E-state index is 13.7. The Morgan fingerprint density at radius 1 is 1.15 bits per heavy atom. The molecule has 1 amide bonds. The normalized spacial score (nSPS) is 13.3. The fraction of sp³-hybridized carbons (Fsp3) is 0.200. The second-order valence-corrected chi connectivity index (χ2v) is 10.4. The van der Waals surface area contributed by atoms with Gasteiger partial charge in [-0.1, -0.05) is 53.7 Å². The van der Waals surface area contributed by atoms with Crippen molar-refractivity contribution in [2.45, 2.75) is 30.8 Å². The van der Waals surface area contributed by atoms with Crippen molar-refractivity contribution in [3.05, 3.63) is 86.0 Å². The van der Waals surface area contributed by atoms with Crippen LogP contribution in [-0.2, 0) is 17.6 Å². The number of hydrogen-bond donors (Lipinski definition) is 1. The number of para-hydroxylation sites is 1. The van der Waals surface area contributed by atoms with Crippen LogP contribution in [0.15, 0.2) is 69.6 Å². The van der Waals surface area contributed by atoms with Crippen LogP contribution >= 0.6 is 34.7 Å². The average Bonchev–Trinajstić information content (AvgIpc) is 3.23. The first kappa shape index (κ1) is 22.8. The summed E-state index contributed by atoms with van der Waals surface area (Å²) in [7, 11) is 0. The molecule has 0 fully saturated rings. The minimum absolute atomic E-state index is 0.0701. The van der Waals surface area contributed by atoms with Gasteiger partial charge in [0.1, 0.15) is 4.83 Å². The van der Waals surface area contributed by atoms with Gasteiger partial charge < -0.3 is 0 Å². The van der Waals surface area contributed by atoms with Crippen LogP contribution in [-0.4, -0.2) is 27.4 Å². The van der Waals surface area contributed by atoms with Gasteiger partial charge in [-0.05, 0) is 61.1 Å². The van der Waals surface area contributed by atoms with Crippen LogP contribution < -0.4 is 11.0 Å². The van der Waals surface area contributed by atoms with Crippen LogP contribution in [0.25, 0.3) is 15.9 Å². The van der Waals surface area contributed by atoms with Gasteiger partial charge in [0, 0.05) is 9.90 Å². The number of nitrogens with zero attached hydrogens (tertiary/aromatic N) is 3. The molecule has 6 nitrogen and oxygen atoms in total. The Bertz CT molecular complexity index is 1430. The van der Waals surface area contributed by atoms with E-state index in [2.05, 4.69) is 10.5 Å². The van der Waals surface area contributed by atoms with Crippen molar-refractivity contribution >= 4 is 57.0 Å². The van der Waals surface area contributed by atoms with Gasteiger partial charge >= 0.3 is 0 Å². The average molecular weight is 509 g/mol. The number of carbonyl (C=O) groups excluding carboxylic acids is 1. The minimum Gasteiger partial charge on any atom is -0.272 e. The van der Waals surface area contributed by atoms with E-state index in [4.69, 9.17) is 16.6 Å². The summed E-state index contributed by atoms with van der Waals surface area (Å²) in [6.07, 6.45) is 5.71. The molecule has 0 saturated carbocycles. The van der Waals surface area contributed by atoms with Crippen molar-refractivity contribution in [1.82, 2.24) is 15.0 Å². The first-order valence-electron chi connectivity index (χ1n) is 10.9. The number of aromatic nitrogens is 2. The third-order valence-corrected chi connectivity index (χ3v) is 7.95. The first-order valence-corrected chi connectivity index (χ1v) is 13.1. The third-order valence-electron chi connectivity index (χ3n) is 5.58. The number of hydrogen-bond acceptors (Lipinski definition) is 6. The third kappa shape index (κ3) is 4.80. The highest BCUT2D eigenvalue weighted by Gasteiger charge is 2.23. The van der Waals surface area contributed by atoms with Gasteiger partial charge in [-0.15, -0.1) is 11.3 Å². The lowest BCUT2D eigenvalue weighted by Crippen LogP contribution is -2.24. The zero-order chi connectivity index (χ0) is 23.5. The van der Waals surface area contributed by atoms with Gasteiger partial charge in [-0.2, -0.15) is 5.10 Å². The summed E-state index contributed by atoms with van der Waals surface area (Å²) in [5.41, 5.74) is 5.17. The highest BCUT2D eigenvalue weighted by atomic mass is 35.5. The van der Waals surface area contributed by atoms with Crippen LogP contribution in [0.2, 0.25) is 5.02 Å². The number of benzene rings is 2. The molecule has 0 spiro atoms. The summed E-state index contributed by atoms with van der Waals surface area (Å²) in [6.45, 7) is 0. The number of rotatable bonds is 6. The Kier molecular flexibility index (Phi) is 6.80. The number of thioether (sulfide) groups is 1. The molecular weight excluding hydrogens is 488 g/mol. The molecule has 2 aromatic heterocycles. The van der Waals surface area contributed by atoms with E-state index in [-0.39, 0.29) is 17.2 Å².